The van der Waals surface area contributed by atoms with E-state index in [4.69, 9.17) is 4.74 Å². The average Bonchev–Trinajstić information content (AvgIpc) is 3.26. The molecule has 1 amide bonds. The highest BCUT2D eigenvalue weighted by atomic mass is 16.5. The largest absolute Gasteiger partial charge is 0.480 e. The third kappa shape index (κ3) is 4.25. The Morgan fingerprint density at radius 1 is 1.40 bits per heavy atom. The van der Waals surface area contributed by atoms with Crippen LogP contribution in [0.3, 0.4) is 0 Å². The maximum Gasteiger partial charge on any atom is 0.231 e. The van der Waals surface area contributed by atoms with Gasteiger partial charge in [0.05, 0.1) is 7.11 Å². The summed E-state index contributed by atoms with van der Waals surface area (Å²) in [5.41, 5.74) is 0.682. The molecule has 1 aliphatic rings. The summed E-state index contributed by atoms with van der Waals surface area (Å²) >= 11 is 0. The van der Waals surface area contributed by atoms with Crippen molar-refractivity contribution in [2.45, 2.75) is 45.1 Å². The maximum absolute atomic E-state index is 12.1. The number of nitrogens with zero attached hydrogens (tertiary/aromatic N) is 5. The van der Waals surface area contributed by atoms with Crippen LogP contribution in [0, 0.1) is 0 Å². The van der Waals surface area contributed by atoms with Crippen LogP contribution >= 0.6 is 0 Å². The second kappa shape index (κ2) is 8.24. The van der Waals surface area contributed by atoms with Crippen molar-refractivity contribution in [1.29, 1.82) is 0 Å². The lowest BCUT2D eigenvalue weighted by Gasteiger charge is -2.22. The number of carbonyl (C=O) groups excluding carboxylic acids is 1. The van der Waals surface area contributed by atoms with Crippen molar-refractivity contribution in [3.8, 4) is 5.88 Å². The van der Waals surface area contributed by atoms with Crippen LogP contribution in [0.15, 0.2) is 12.1 Å². The van der Waals surface area contributed by atoms with E-state index in [0.717, 1.165) is 25.5 Å². The Morgan fingerprint density at radius 2 is 2.28 bits per heavy atom. The summed E-state index contributed by atoms with van der Waals surface area (Å²) in [6.07, 6.45) is 4.25. The molecule has 0 spiro atoms. The molecule has 0 aliphatic carbocycles. The average molecular weight is 346 g/mol. The van der Waals surface area contributed by atoms with Crippen LogP contribution < -0.4 is 10.1 Å². The fraction of sp³-hybridized carbons (Fsp3) is 0.647. The molecule has 2 aromatic rings. The molecule has 1 saturated heterocycles. The number of carbonyl (C=O) groups is 1. The second-order valence-corrected chi connectivity index (χ2v) is 6.34. The first-order valence-corrected chi connectivity index (χ1v) is 8.97. The number of rotatable bonds is 8. The third-order valence-corrected chi connectivity index (χ3v) is 4.76. The molecule has 8 heteroatoms. The maximum atomic E-state index is 12.1. The summed E-state index contributed by atoms with van der Waals surface area (Å²) in [6, 6.07) is 4.06. The summed E-state index contributed by atoms with van der Waals surface area (Å²) in [6.45, 7) is 5.12. The second-order valence-electron chi connectivity index (χ2n) is 6.34. The van der Waals surface area contributed by atoms with Gasteiger partial charge in [0, 0.05) is 31.5 Å². The van der Waals surface area contributed by atoms with Gasteiger partial charge in [-0.25, -0.2) is 0 Å². The number of aromatic nitrogens is 4. The molecule has 0 aromatic carbocycles. The molecule has 8 nitrogen and oxygen atoms in total. The van der Waals surface area contributed by atoms with Crippen LogP contribution in [-0.4, -0.2) is 63.4 Å². The van der Waals surface area contributed by atoms with Crippen molar-refractivity contribution in [2.24, 2.45) is 0 Å². The van der Waals surface area contributed by atoms with Crippen LogP contribution in [0.25, 0.3) is 5.65 Å². The standard InChI is InChI=1S/C17H26N6O2/c1-3-22-11-5-6-13(22)12-18-16(24)8-4-7-14-19-20-15-9-10-17(25-2)21-23(14)15/h9-10,13H,3-8,11-12H2,1-2H3,(H,18,24)/t13-/m0/s1. The van der Waals surface area contributed by atoms with Crippen LogP contribution in [0.1, 0.15) is 38.4 Å². The molecule has 136 valence electrons. The van der Waals surface area contributed by atoms with Gasteiger partial charge in [0.1, 0.15) is 0 Å². The highest BCUT2D eigenvalue weighted by Gasteiger charge is 2.23. The van der Waals surface area contributed by atoms with Gasteiger partial charge in [-0.15, -0.1) is 15.3 Å². The Hall–Kier alpha value is -2.22. The number of hydrogen-bond donors (Lipinski definition) is 1. The number of likely N-dealkylation sites (tertiary alicyclic amines) is 1. The fourth-order valence-electron chi connectivity index (χ4n) is 3.35. The van der Waals surface area contributed by atoms with E-state index in [1.54, 1.807) is 17.7 Å². The first kappa shape index (κ1) is 17.6. The van der Waals surface area contributed by atoms with Crippen LogP contribution in [0.4, 0.5) is 0 Å². The zero-order chi connectivity index (χ0) is 17.6. The van der Waals surface area contributed by atoms with Gasteiger partial charge in [0.25, 0.3) is 0 Å². The number of methoxy groups -OCH3 is 1. The quantitative estimate of drug-likeness (QED) is 0.769. The first-order valence-electron chi connectivity index (χ1n) is 8.97. The first-order chi connectivity index (χ1) is 12.2. The number of aryl methyl sites for hydroxylation is 1. The van der Waals surface area contributed by atoms with Gasteiger partial charge < -0.3 is 10.1 Å². The Balaban J connectivity index is 1.45. The zero-order valence-corrected chi connectivity index (χ0v) is 14.9. The fourth-order valence-corrected chi connectivity index (χ4v) is 3.35. The van der Waals surface area contributed by atoms with E-state index in [1.807, 2.05) is 6.07 Å². The summed E-state index contributed by atoms with van der Waals surface area (Å²) in [4.78, 5) is 14.5. The molecule has 25 heavy (non-hydrogen) atoms. The molecule has 0 bridgehead atoms. The summed E-state index contributed by atoms with van der Waals surface area (Å²) in [5, 5.41) is 15.6. The molecule has 3 heterocycles. The van der Waals surface area contributed by atoms with Gasteiger partial charge in [0.2, 0.25) is 11.8 Å². The predicted molar refractivity (Wildman–Crippen MR) is 93.6 cm³/mol. The number of ether oxygens (including phenoxy) is 1. The summed E-state index contributed by atoms with van der Waals surface area (Å²) in [7, 11) is 1.58. The number of fused-ring (bicyclic) bond motifs is 1. The molecule has 0 radical (unpaired) electrons. The minimum atomic E-state index is 0.0994. The Morgan fingerprint density at radius 3 is 3.08 bits per heavy atom. The minimum Gasteiger partial charge on any atom is -0.480 e. The lowest BCUT2D eigenvalue weighted by molar-refractivity contribution is -0.121. The number of amides is 1. The normalized spacial score (nSPS) is 17.9. The number of likely N-dealkylation sites (N-methyl/N-ethyl adjacent to an activating group) is 1. The minimum absolute atomic E-state index is 0.0994. The molecule has 1 atom stereocenters. The van der Waals surface area contributed by atoms with Crippen molar-refractivity contribution in [2.75, 3.05) is 26.7 Å². The van der Waals surface area contributed by atoms with E-state index in [9.17, 15) is 4.79 Å². The van der Waals surface area contributed by atoms with E-state index < -0.39 is 0 Å². The molecule has 0 unspecified atom stereocenters. The Labute approximate surface area is 147 Å². The van der Waals surface area contributed by atoms with E-state index in [-0.39, 0.29) is 5.91 Å². The van der Waals surface area contributed by atoms with E-state index >= 15 is 0 Å². The molecule has 1 N–H and O–H groups in total. The van der Waals surface area contributed by atoms with Crippen molar-refractivity contribution in [1.82, 2.24) is 30.0 Å². The molecule has 1 aliphatic heterocycles. The molecule has 1 fully saturated rings. The number of hydrogen-bond acceptors (Lipinski definition) is 6. The van der Waals surface area contributed by atoms with Gasteiger partial charge >= 0.3 is 0 Å². The van der Waals surface area contributed by atoms with Crippen molar-refractivity contribution >= 4 is 11.6 Å². The smallest absolute Gasteiger partial charge is 0.231 e. The van der Waals surface area contributed by atoms with E-state index in [1.165, 1.54) is 12.8 Å². The highest BCUT2D eigenvalue weighted by molar-refractivity contribution is 5.75. The van der Waals surface area contributed by atoms with Gasteiger partial charge in [0.15, 0.2) is 11.5 Å². The zero-order valence-electron chi connectivity index (χ0n) is 14.9. The SMILES string of the molecule is CCN1CCC[C@H]1CNC(=O)CCCc1nnc2ccc(OC)nn12. The van der Waals surface area contributed by atoms with Gasteiger partial charge in [-0.05, 0) is 38.4 Å². The monoisotopic (exact) mass is 346 g/mol. The molecule has 3 rings (SSSR count). The molecular weight excluding hydrogens is 320 g/mol. The lowest BCUT2D eigenvalue weighted by Crippen LogP contribution is -2.39. The van der Waals surface area contributed by atoms with Crippen molar-refractivity contribution < 1.29 is 9.53 Å². The van der Waals surface area contributed by atoms with Crippen LogP contribution in [-0.2, 0) is 11.2 Å². The highest BCUT2D eigenvalue weighted by Crippen LogP contribution is 2.15. The van der Waals surface area contributed by atoms with Crippen molar-refractivity contribution in [3.05, 3.63) is 18.0 Å². The summed E-state index contributed by atoms with van der Waals surface area (Å²) < 4.78 is 6.81. The van der Waals surface area contributed by atoms with Crippen LogP contribution in [0.2, 0.25) is 0 Å². The van der Waals surface area contributed by atoms with E-state index in [2.05, 4.69) is 32.4 Å². The molecular formula is C17H26N6O2. The summed E-state index contributed by atoms with van der Waals surface area (Å²) in [5.74, 6) is 1.36. The predicted octanol–water partition coefficient (Wildman–Crippen LogP) is 1.06. The Kier molecular flexibility index (Phi) is 5.80. The lowest BCUT2D eigenvalue weighted by atomic mass is 10.2. The third-order valence-electron chi connectivity index (χ3n) is 4.76. The molecule has 0 saturated carbocycles. The molecule has 2 aromatic heterocycles. The van der Waals surface area contributed by atoms with Crippen LogP contribution in [0.5, 0.6) is 5.88 Å². The Bertz CT molecular complexity index is 716. The van der Waals surface area contributed by atoms with Gasteiger partial charge in [-0.3, -0.25) is 9.69 Å². The van der Waals surface area contributed by atoms with Crippen molar-refractivity contribution in [3.63, 3.8) is 0 Å². The van der Waals surface area contributed by atoms with Gasteiger partial charge in [-0.2, -0.15) is 4.52 Å². The number of nitrogens with one attached hydrogen (secondary N) is 1. The van der Waals surface area contributed by atoms with E-state index in [0.29, 0.717) is 36.8 Å². The van der Waals surface area contributed by atoms with Gasteiger partial charge in [-0.1, -0.05) is 6.92 Å². The topological polar surface area (TPSA) is 84.7 Å².